The Hall–Kier alpha value is -1.10. The lowest BCUT2D eigenvalue weighted by molar-refractivity contribution is 0.305. The summed E-state index contributed by atoms with van der Waals surface area (Å²) in [6, 6.07) is 0. The van der Waals surface area contributed by atoms with Gasteiger partial charge in [0, 0.05) is 6.42 Å². The van der Waals surface area contributed by atoms with Crippen LogP contribution >= 0.6 is 11.3 Å². The van der Waals surface area contributed by atoms with Gasteiger partial charge in [0.15, 0.2) is 5.13 Å². The van der Waals surface area contributed by atoms with Gasteiger partial charge >= 0.3 is 0 Å². The Balaban J connectivity index is 2.81. The molecule has 0 aliphatic rings. The van der Waals surface area contributed by atoms with Crippen LogP contribution in [0.3, 0.4) is 0 Å². The molecule has 0 aliphatic carbocycles. The van der Waals surface area contributed by atoms with Gasteiger partial charge in [-0.15, -0.1) is 0 Å². The summed E-state index contributed by atoms with van der Waals surface area (Å²) in [6.45, 7) is 4.86. The Morgan fingerprint density at radius 1 is 1.50 bits per heavy atom. The van der Waals surface area contributed by atoms with E-state index in [4.69, 9.17) is 5.11 Å². The van der Waals surface area contributed by atoms with E-state index in [9.17, 15) is 8.42 Å². The molecule has 5 nitrogen and oxygen atoms in total. The first-order chi connectivity index (χ1) is 8.26. The molecular formula is C11H16N2O3S2. The first-order valence-electron chi connectivity index (χ1n) is 5.34. The fraction of sp³-hybridized carbons (Fsp3) is 0.545. The molecule has 100 valence electrons. The van der Waals surface area contributed by atoms with Gasteiger partial charge in [-0.25, -0.2) is 13.4 Å². The Kier molecular flexibility index (Phi) is 4.73. The molecule has 7 heteroatoms. The summed E-state index contributed by atoms with van der Waals surface area (Å²) in [5.41, 5.74) is 0. The third-order valence-corrected chi connectivity index (χ3v) is 5.01. The molecule has 1 aromatic rings. The number of aliphatic hydroxyl groups is 1. The molecule has 0 unspecified atom stereocenters. The van der Waals surface area contributed by atoms with Crippen molar-refractivity contribution in [2.24, 2.45) is 0 Å². The van der Waals surface area contributed by atoms with Crippen molar-refractivity contribution in [2.45, 2.75) is 31.9 Å². The molecule has 1 aromatic heterocycles. The first kappa shape index (κ1) is 15.0. The smallest absolute Gasteiger partial charge is 0.239 e. The molecular weight excluding hydrogens is 272 g/mol. The Morgan fingerprint density at radius 3 is 2.72 bits per heavy atom. The number of hydrogen-bond donors (Lipinski definition) is 2. The van der Waals surface area contributed by atoms with Crippen LogP contribution in [0.5, 0.6) is 0 Å². The zero-order valence-electron chi connectivity index (χ0n) is 10.5. The van der Waals surface area contributed by atoms with Gasteiger partial charge in [-0.1, -0.05) is 23.2 Å². The van der Waals surface area contributed by atoms with Crippen molar-refractivity contribution in [1.29, 1.82) is 0 Å². The topological polar surface area (TPSA) is 79.3 Å². The van der Waals surface area contributed by atoms with Crippen molar-refractivity contribution in [1.82, 2.24) is 4.98 Å². The fourth-order valence-electron chi connectivity index (χ4n) is 0.853. The summed E-state index contributed by atoms with van der Waals surface area (Å²) in [4.78, 5) is 4.62. The van der Waals surface area contributed by atoms with Crippen molar-refractivity contribution >= 4 is 26.5 Å². The Morgan fingerprint density at radius 2 is 2.17 bits per heavy atom. The third kappa shape index (κ3) is 3.98. The van der Waals surface area contributed by atoms with Gasteiger partial charge in [0.2, 0.25) is 10.0 Å². The van der Waals surface area contributed by atoms with Gasteiger partial charge in [0.1, 0.15) is 0 Å². The van der Waals surface area contributed by atoms with E-state index in [0.29, 0.717) is 16.4 Å². The molecule has 0 aromatic carbocycles. The highest BCUT2D eigenvalue weighted by atomic mass is 32.2. The third-order valence-electron chi connectivity index (χ3n) is 1.98. The maximum atomic E-state index is 11.9. The average Bonchev–Trinajstić information content (AvgIpc) is 2.63. The van der Waals surface area contributed by atoms with Gasteiger partial charge < -0.3 is 5.11 Å². The second-order valence-electron chi connectivity index (χ2n) is 4.52. The van der Waals surface area contributed by atoms with Gasteiger partial charge in [-0.05, 0) is 20.8 Å². The van der Waals surface area contributed by atoms with E-state index in [1.807, 2.05) is 0 Å². The summed E-state index contributed by atoms with van der Waals surface area (Å²) in [7, 11) is -3.45. The molecule has 18 heavy (non-hydrogen) atoms. The molecule has 1 heterocycles. The van der Waals surface area contributed by atoms with Gasteiger partial charge in [0.25, 0.3) is 0 Å². The number of sulfonamides is 1. The highest BCUT2D eigenvalue weighted by molar-refractivity contribution is 7.94. The van der Waals surface area contributed by atoms with Crippen LogP contribution in [-0.2, 0) is 10.0 Å². The van der Waals surface area contributed by atoms with Crippen LogP contribution in [-0.4, -0.2) is 29.9 Å². The number of hydrogen-bond acceptors (Lipinski definition) is 5. The van der Waals surface area contributed by atoms with Crippen LogP contribution in [0.1, 0.15) is 32.1 Å². The average molecular weight is 288 g/mol. The van der Waals surface area contributed by atoms with Crippen LogP contribution in [0.25, 0.3) is 0 Å². The maximum absolute atomic E-state index is 11.9. The standard InChI is InChI=1S/C11H16N2O3S2/c1-11(2,3)18(15,16)13-10-12-8-9(17-10)6-4-5-7-14/h8,14H,5,7H2,1-3H3,(H,12,13). The number of nitrogens with one attached hydrogen (secondary N) is 1. The van der Waals surface area contributed by atoms with Crippen molar-refractivity contribution in [2.75, 3.05) is 11.3 Å². The molecule has 0 saturated heterocycles. The summed E-state index contributed by atoms with van der Waals surface area (Å²) >= 11 is 1.17. The molecule has 0 bridgehead atoms. The van der Waals surface area contributed by atoms with Crippen LogP contribution in [0.15, 0.2) is 6.20 Å². The number of aliphatic hydroxyl groups excluding tert-OH is 1. The predicted octanol–water partition coefficient (Wildman–Crippen LogP) is 1.42. The number of aromatic nitrogens is 1. The summed E-state index contributed by atoms with van der Waals surface area (Å²) in [5, 5.41) is 8.89. The first-order valence-corrected chi connectivity index (χ1v) is 7.64. The van der Waals surface area contributed by atoms with E-state index < -0.39 is 14.8 Å². The summed E-state index contributed by atoms with van der Waals surface area (Å²) < 4.78 is 25.3. The monoisotopic (exact) mass is 288 g/mol. The molecule has 0 fully saturated rings. The molecule has 0 spiro atoms. The minimum Gasteiger partial charge on any atom is -0.395 e. The molecule has 0 aliphatic heterocycles. The van der Waals surface area contributed by atoms with E-state index in [1.54, 1.807) is 20.8 Å². The van der Waals surface area contributed by atoms with Crippen molar-refractivity contribution in [3.8, 4) is 11.8 Å². The lowest BCUT2D eigenvalue weighted by atomic mass is 10.3. The van der Waals surface area contributed by atoms with Crippen LogP contribution < -0.4 is 4.72 Å². The summed E-state index contributed by atoms with van der Waals surface area (Å²) in [6.07, 6.45) is 1.90. The maximum Gasteiger partial charge on any atom is 0.239 e. The van der Waals surface area contributed by atoms with Gasteiger partial charge in [-0.3, -0.25) is 4.72 Å². The minimum absolute atomic E-state index is 0.00924. The normalized spacial score (nSPS) is 11.8. The largest absolute Gasteiger partial charge is 0.395 e. The second-order valence-corrected chi connectivity index (χ2v) is 7.99. The highest BCUT2D eigenvalue weighted by Gasteiger charge is 2.29. The van der Waals surface area contributed by atoms with Crippen molar-refractivity contribution in [3.05, 3.63) is 11.1 Å². The van der Waals surface area contributed by atoms with Gasteiger partial charge in [-0.2, -0.15) is 0 Å². The van der Waals surface area contributed by atoms with Crippen LogP contribution in [0, 0.1) is 11.8 Å². The lowest BCUT2D eigenvalue weighted by Crippen LogP contribution is -2.33. The van der Waals surface area contributed by atoms with E-state index in [2.05, 4.69) is 21.5 Å². The molecule has 2 N–H and O–H groups in total. The van der Waals surface area contributed by atoms with E-state index >= 15 is 0 Å². The van der Waals surface area contributed by atoms with Gasteiger partial charge in [0.05, 0.1) is 22.4 Å². The summed E-state index contributed by atoms with van der Waals surface area (Å²) in [5.74, 6) is 5.55. The zero-order valence-corrected chi connectivity index (χ0v) is 12.2. The number of anilines is 1. The number of rotatable bonds is 3. The fourth-order valence-corrected chi connectivity index (χ4v) is 2.48. The van der Waals surface area contributed by atoms with E-state index in [-0.39, 0.29) is 6.61 Å². The van der Waals surface area contributed by atoms with Crippen molar-refractivity contribution < 1.29 is 13.5 Å². The lowest BCUT2D eigenvalue weighted by Gasteiger charge is -2.18. The Bertz CT molecular complexity index is 559. The number of nitrogens with zero attached hydrogens (tertiary/aromatic N) is 1. The Labute approximate surface area is 111 Å². The zero-order chi connectivity index (χ0) is 13.8. The van der Waals surface area contributed by atoms with Crippen molar-refractivity contribution in [3.63, 3.8) is 0 Å². The molecule has 0 radical (unpaired) electrons. The van der Waals surface area contributed by atoms with Crippen LogP contribution in [0.2, 0.25) is 0 Å². The minimum atomic E-state index is -3.45. The van der Waals surface area contributed by atoms with E-state index in [0.717, 1.165) is 0 Å². The second kappa shape index (κ2) is 5.69. The predicted molar refractivity (Wildman–Crippen MR) is 73.0 cm³/mol. The molecule has 0 amide bonds. The SMILES string of the molecule is CC(C)(C)S(=O)(=O)Nc1ncc(C#CCCO)s1. The quantitative estimate of drug-likeness (QED) is 0.824. The highest BCUT2D eigenvalue weighted by Crippen LogP contribution is 2.23. The number of thiazole rings is 1. The van der Waals surface area contributed by atoms with Crippen LogP contribution in [0.4, 0.5) is 5.13 Å². The molecule has 0 saturated carbocycles. The van der Waals surface area contributed by atoms with E-state index in [1.165, 1.54) is 17.5 Å². The molecule has 0 atom stereocenters. The molecule has 1 rings (SSSR count).